The van der Waals surface area contributed by atoms with Crippen LogP contribution in [0.15, 0.2) is 136 Å². The van der Waals surface area contributed by atoms with Gasteiger partial charge in [0.05, 0.1) is 39.6 Å². The molecule has 8 aromatic rings. The molecule has 0 saturated carbocycles. The number of halogens is 1. The molecule has 8 nitrogen and oxygen atoms in total. The molecular formula is C40H21ClN4O4S4. The summed E-state index contributed by atoms with van der Waals surface area (Å²) >= 11 is 13.8. The van der Waals surface area contributed by atoms with E-state index in [0.717, 1.165) is 38.1 Å². The zero-order valence-corrected chi connectivity index (χ0v) is 31.1. The number of nitrogens with zero attached hydrogens (tertiary/aromatic N) is 4. The summed E-state index contributed by atoms with van der Waals surface area (Å²) in [6.45, 7) is 0. The second-order valence-corrected chi connectivity index (χ2v) is 14.8. The minimum Gasteiger partial charge on any atom is -0.289 e. The van der Waals surface area contributed by atoms with E-state index in [1.807, 2.05) is 60.7 Å². The van der Waals surface area contributed by atoms with Crippen molar-refractivity contribution < 1.29 is 19.2 Å². The van der Waals surface area contributed by atoms with Gasteiger partial charge in [-0.3, -0.25) is 19.2 Å². The first-order valence-electron chi connectivity index (χ1n) is 15.9. The van der Waals surface area contributed by atoms with Gasteiger partial charge in [-0.1, -0.05) is 108 Å². The Bertz CT molecular complexity index is 2770. The Hall–Kier alpha value is -5.37. The largest absolute Gasteiger partial charge is 0.289 e. The summed E-state index contributed by atoms with van der Waals surface area (Å²) in [5.74, 6) is -0.708. The lowest BCUT2D eigenvalue weighted by Crippen LogP contribution is -2.21. The van der Waals surface area contributed by atoms with Crippen LogP contribution >= 0.6 is 59.4 Å². The van der Waals surface area contributed by atoms with Crippen molar-refractivity contribution in [3.05, 3.63) is 171 Å². The highest BCUT2D eigenvalue weighted by Crippen LogP contribution is 2.40. The monoisotopic (exact) mass is 784 g/mol. The number of benzene rings is 6. The van der Waals surface area contributed by atoms with Crippen LogP contribution in [0.25, 0.3) is 22.1 Å². The van der Waals surface area contributed by atoms with Crippen molar-refractivity contribution in [1.82, 2.24) is 17.5 Å². The summed E-state index contributed by atoms with van der Waals surface area (Å²) in [4.78, 5) is 54.1. The lowest BCUT2D eigenvalue weighted by Gasteiger charge is -2.18. The molecular weight excluding hydrogens is 764 g/mol. The van der Waals surface area contributed by atoms with Crippen molar-refractivity contribution in [3.63, 3.8) is 0 Å². The molecule has 13 heteroatoms. The Morgan fingerprint density at radius 3 is 1.40 bits per heavy atom. The van der Waals surface area contributed by atoms with E-state index in [2.05, 4.69) is 30.1 Å². The zero-order valence-electron chi connectivity index (χ0n) is 27.0. The highest BCUT2D eigenvalue weighted by Gasteiger charge is 2.34. The van der Waals surface area contributed by atoms with E-state index in [4.69, 9.17) is 11.6 Å². The molecule has 0 bridgehead atoms. The van der Waals surface area contributed by atoms with E-state index < -0.39 is 0 Å². The first-order chi connectivity index (χ1) is 25.8. The van der Waals surface area contributed by atoms with E-state index >= 15 is 0 Å². The maximum atomic E-state index is 13.0. The van der Waals surface area contributed by atoms with Gasteiger partial charge in [0.25, 0.3) is 0 Å². The van der Waals surface area contributed by atoms with Gasteiger partial charge in [-0.15, -0.1) is 12.6 Å². The fourth-order valence-electron chi connectivity index (χ4n) is 6.07. The third kappa shape index (κ3) is 6.38. The topological polar surface area (TPSA) is 120 Å². The summed E-state index contributed by atoms with van der Waals surface area (Å²) in [7, 11) is 0. The third-order valence-electron chi connectivity index (χ3n) is 8.50. The average Bonchev–Trinajstić information content (AvgIpc) is 3.89. The highest BCUT2D eigenvalue weighted by atomic mass is 35.5. The van der Waals surface area contributed by atoms with Crippen molar-refractivity contribution in [2.45, 2.75) is 14.7 Å². The number of aromatic nitrogens is 4. The summed E-state index contributed by atoms with van der Waals surface area (Å²) < 4.78 is 16.9. The zero-order chi connectivity index (χ0) is 36.6. The number of hydrogen-bond donors (Lipinski definition) is 1. The fourth-order valence-corrected chi connectivity index (χ4v) is 8.69. The minimum atomic E-state index is -0.204. The second-order valence-electron chi connectivity index (χ2n) is 11.7. The number of fused-ring (bicyclic) bond motifs is 8. The Morgan fingerprint density at radius 1 is 0.472 bits per heavy atom. The number of hydrogen-bond acceptors (Lipinski definition) is 12. The fraction of sp³-hybridized carbons (Fsp3) is 0. The van der Waals surface area contributed by atoms with E-state index in [-0.39, 0.29) is 23.1 Å². The predicted molar refractivity (Wildman–Crippen MR) is 211 cm³/mol. The van der Waals surface area contributed by atoms with Crippen LogP contribution in [0.3, 0.4) is 0 Å². The molecule has 256 valence electrons. The van der Waals surface area contributed by atoms with Crippen molar-refractivity contribution in [2.75, 3.05) is 0 Å². The van der Waals surface area contributed by atoms with Gasteiger partial charge in [0.15, 0.2) is 23.1 Å². The van der Waals surface area contributed by atoms with Crippen LogP contribution in [0.2, 0.25) is 5.02 Å². The van der Waals surface area contributed by atoms with Gasteiger partial charge in [0.1, 0.15) is 22.1 Å². The molecule has 10 rings (SSSR count). The quantitative estimate of drug-likeness (QED) is 0.171. The maximum absolute atomic E-state index is 13.0. The van der Waals surface area contributed by atoms with Gasteiger partial charge in [0, 0.05) is 48.1 Å². The van der Waals surface area contributed by atoms with Gasteiger partial charge < -0.3 is 0 Å². The summed E-state index contributed by atoms with van der Waals surface area (Å²) in [5.41, 5.74) is 5.14. The average molecular weight is 785 g/mol. The molecule has 0 radical (unpaired) electrons. The molecule has 0 spiro atoms. The van der Waals surface area contributed by atoms with E-state index in [1.54, 1.807) is 54.6 Å². The number of rotatable bonds is 2. The van der Waals surface area contributed by atoms with E-state index in [9.17, 15) is 19.2 Å². The molecule has 0 unspecified atom stereocenters. The van der Waals surface area contributed by atoms with E-state index in [0.29, 0.717) is 71.6 Å². The van der Waals surface area contributed by atoms with Gasteiger partial charge >= 0.3 is 0 Å². The van der Waals surface area contributed by atoms with E-state index in [1.165, 1.54) is 17.8 Å². The molecule has 0 saturated heterocycles. The van der Waals surface area contributed by atoms with Crippen LogP contribution in [-0.2, 0) is 0 Å². The molecule has 0 fully saturated rings. The molecule has 0 atom stereocenters. The summed E-state index contributed by atoms with van der Waals surface area (Å²) in [5, 5.41) is 0.341. The number of carbonyl (C=O) groups is 4. The first-order valence-corrected chi connectivity index (χ1v) is 19.0. The normalized spacial score (nSPS) is 12.6. The second kappa shape index (κ2) is 14.6. The first kappa shape index (κ1) is 34.7. The van der Waals surface area contributed by atoms with Crippen LogP contribution in [0.5, 0.6) is 0 Å². The number of carbonyl (C=O) groups excluding carboxylic acids is 4. The Kier molecular flexibility index (Phi) is 9.54. The molecule has 6 aromatic carbocycles. The van der Waals surface area contributed by atoms with Crippen LogP contribution in [-0.4, -0.2) is 40.6 Å². The van der Waals surface area contributed by atoms with Crippen molar-refractivity contribution in [3.8, 4) is 0 Å². The van der Waals surface area contributed by atoms with Gasteiger partial charge in [-0.2, -0.15) is 17.5 Å². The number of thiol groups is 1. The Morgan fingerprint density at radius 2 is 0.887 bits per heavy atom. The highest BCUT2D eigenvalue weighted by molar-refractivity contribution is 7.99. The maximum Gasteiger partial charge on any atom is 0.196 e. The molecule has 2 aromatic heterocycles. The molecule has 2 heterocycles. The van der Waals surface area contributed by atoms with Crippen LogP contribution in [0.4, 0.5) is 0 Å². The lowest BCUT2D eigenvalue weighted by atomic mass is 9.83. The standard InChI is InChI=1S/C20H10N2O2S2.C14H5ClN2O2S.C6H6S/c23-19-12-8-4-5-9-13(12)20(24)16-14(19)10-15(17-18(16)22-26-21-17)25-11-6-2-1-3-7-11;15-9-5-8-10(12-11(9)16-20-17-12)14(19)7-4-2-1-3-6(7)13(8)18;7-6-4-2-1-3-5-6/h1-10H;1-5H;1-5,7H. The number of ketones is 4. The van der Waals surface area contributed by atoms with Crippen molar-refractivity contribution in [1.29, 1.82) is 0 Å². The minimum absolute atomic E-state index is 0.139. The van der Waals surface area contributed by atoms with Crippen molar-refractivity contribution >= 4 is 105 Å². The summed E-state index contributed by atoms with van der Waals surface area (Å²) in [6.07, 6.45) is 0. The Balaban J connectivity index is 0.000000131. The summed E-state index contributed by atoms with van der Waals surface area (Å²) in [6, 6.07) is 36.7. The molecule has 53 heavy (non-hydrogen) atoms. The molecule has 2 aliphatic rings. The van der Waals surface area contributed by atoms with Crippen molar-refractivity contribution in [2.24, 2.45) is 0 Å². The molecule has 2 aliphatic carbocycles. The van der Waals surface area contributed by atoms with Gasteiger partial charge in [-0.05, 0) is 36.4 Å². The smallest absolute Gasteiger partial charge is 0.196 e. The molecule has 0 amide bonds. The van der Waals surface area contributed by atoms with Crippen LogP contribution in [0, 0.1) is 0 Å². The lowest BCUT2D eigenvalue weighted by molar-refractivity contribution is 0.0980. The SMILES string of the molecule is O=C1c2ccccc2C(=O)c2c1cc(Cl)c1nsnc21.O=C1c2ccccc2C(=O)c2c1cc(Sc1ccccc1)c1nsnc21.Sc1ccccc1. The molecule has 0 aliphatic heterocycles. The van der Waals surface area contributed by atoms with Gasteiger partial charge in [-0.25, -0.2) is 0 Å². The van der Waals surface area contributed by atoms with Gasteiger partial charge in [0.2, 0.25) is 0 Å². The van der Waals surface area contributed by atoms with Crippen LogP contribution in [0.1, 0.15) is 63.7 Å². The third-order valence-corrected chi connectivity index (χ3v) is 11.2. The van der Waals surface area contributed by atoms with Crippen LogP contribution < -0.4 is 0 Å². The molecule has 0 N–H and O–H groups in total. The Labute approximate surface area is 324 Å². The predicted octanol–water partition coefficient (Wildman–Crippen LogP) is 9.71.